The third-order valence-corrected chi connectivity index (χ3v) is 4.22. The first-order chi connectivity index (χ1) is 9.51. The first-order valence-electron chi connectivity index (χ1n) is 6.52. The molecule has 2 aromatic rings. The predicted molar refractivity (Wildman–Crippen MR) is 81.2 cm³/mol. The summed E-state index contributed by atoms with van der Waals surface area (Å²) in [5.41, 5.74) is 4.53. The molecule has 0 atom stereocenters. The van der Waals surface area contributed by atoms with Gasteiger partial charge in [-0.25, -0.2) is 4.79 Å². The monoisotopic (exact) mass is 290 g/mol. The lowest BCUT2D eigenvalue weighted by Crippen LogP contribution is -2.02. The molecule has 0 bridgehead atoms. The van der Waals surface area contributed by atoms with E-state index in [-0.39, 0.29) is 0 Å². The minimum Gasteiger partial charge on any atom is -0.478 e. The Kier molecular flexibility index (Phi) is 4.39. The molecule has 0 saturated heterocycles. The zero-order valence-electron chi connectivity index (χ0n) is 11.9. The van der Waals surface area contributed by atoms with Gasteiger partial charge >= 0.3 is 5.97 Å². The number of nitrogens with zero attached hydrogens (tertiary/aromatic N) is 2. The van der Waals surface area contributed by atoms with Crippen LogP contribution in [0.2, 0.25) is 0 Å². The zero-order chi connectivity index (χ0) is 14.7. The molecule has 0 saturated carbocycles. The highest BCUT2D eigenvalue weighted by atomic mass is 32.1. The topological polar surface area (TPSA) is 55.1 Å². The Morgan fingerprint density at radius 1 is 1.50 bits per heavy atom. The zero-order valence-corrected chi connectivity index (χ0v) is 12.7. The third-order valence-electron chi connectivity index (χ3n) is 3.28. The minimum absolute atomic E-state index is 0.734. The maximum Gasteiger partial charge on any atom is 0.328 e. The molecular weight excluding hydrogens is 272 g/mol. The van der Waals surface area contributed by atoms with E-state index in [2.05, 4.69) is 18.9 Å². The molecule has 0 aliphatic carbocycles. The summed E-state index contributed by atoms with van der Waals surface area (Å²) in [6, 6.07) is 2.01. The lowest BCUT2D eigenvalue weighted by Gasteiger charge is -2.02. The van der Waals surface area contributed by atoms with Crippen LogP contribution in [-0.2, 0) is 17.8 Å². The highest BCUT2D eigenvalue weighted by molar-refractivity contribution is 7.10. The number of carboxylic acids is 1. The molecule has 0 aliphatic rings. The molecule has 2 aromatic heterocycles. The van der Waals surface area contributed by atoms with E-state index < -0.39 is 5.97 Å². The predicted octanol–water partition coefficient (Wildman–Crippen LogP) is 3.27. The summed E-state index contributed by atoms with van der Waals surface area (Å²) in [4.78, 5) is 11.7. The summed E-state index contributed by atoms with van der Waals surface area (Å²) < 4.78 is 2.02. The Morgan fingerprint density at radius 2 is 2.25 bits per heavy atom. The Bertz CT molecular complexity index is 653. The number of carbonyl (C=O) groups is 1. The second-order valence-corrected chi connectivity index (χ2v) is 5.67. The Balaban J connectivity index is 2.17. The van der Waals surface area contributed by atoms with Crippen molar-refractivity contribution >= 4 is 23.4 Å². The molecule has 20 heavy (non-hydrogen) atoms. The van der Waals surface area contributed by atoms with Crippen molar-refractivity contribution in [2.24, 2.45) is 0 Å². The van der Waals surface area contributed by atoms with Crippen LogP contribution in [0.1, 0.15) is 34.3 Å². The van der Waals surface area contributed by atoms with Crippen LogP contribution >= 0.6 is 11.3 Å². The van der Waals surface area contributed by atoms with Gasteiger partial charge < -0.3 is 5.11 Å². The SMILES string of the molecule is CCc1c(C)nn(Cc2cc(C=CC(=O)O)cs2)c1C. The third kappa shape index (κ3) is 3.17. The normalized spacial score (nSPS) is 11.3. The number of hydrogen-bond acceptors (Lipinski definition) is 3. The van der Waals surface area contributed by atoms with Crippen LogP contribution in [0.3, 0.4) is 0 Å². The van der Waals surface area contributed by atoms with Crippen molar-refractivity contribution in [3.8, 4) is 0 Å². The van der Waals surface area contributed by atoms with Crippen LogP contribution < -0.4 is 0 Å². The largest absolute Gasteiger partial charge is 0.478 e. The van der Waals surface area contributed by atoms with E-state index in [9.17, 15) is 4.79 Å². The summed E-state index contributed by atoms with van der Waals surface area (Å²) in [7, 11) is 0. The van der Waals surface area contributed by atoms with Gasteiger partial charge in [-0.15, -0.1) is 11.3 Å². The molecule has 2 rings (SSSR count). The number of aryl methyl sites for hydroxylation is 1. The molecule has 0 aliphatic heterocycles. The summed E-state index contributed by atoms with van der Waals surface area (Å²) in [5.74, 6) is -0.927. The fourth-order valence-electron chi connectivity index (χ4n) is 2.28. The highest BCUT2D eigenvalue weighted by Crippen LogP contribution is 2.20. The van der Waals surface area contributed by atoms with Gasteiger partial charge in [-0.1, -0.05) is 6.92 Å². The van der Waals surface area contributed by atoms with Crippen molar-refractivity contribution in [3.63, 3.8) is 0 Å². The first kappa shape index (κ1) is 14.5. The second-order valence-electron chi connectivity index (χ2n) is 4.68. The molecule has 0 amide bonds. The van der Waals surface area contributed by atoms with Crippen LogP contribution in [0, 0.1) is 13.8 Å². The molecule has 0 aromatic carbocycles. The molecule has 5 heteroatoms. The molecule has 0 spiro atoms. The molecule has 1 N–H and O–H groups in total. The summed E-state index contributed by atoms with van der Waals surface area (Å²) in [6.45, 7) is 7.01. The van der Waals surface area contributed by atoms with E-state index in [1.54, 1.807) is 17.4 Å². The Labute approximate surface area is 122 Å². The lowest BCUT2D eigenvalue weighted by molar-refractivity contribution is -0.131. The van der Waals surface area contributed by atoms with Crippen molar-refractivity contribution in [1.82, 2.24) is 9.78 Å². The van der Waals surface area contributed by atoms with Crippen molar-refractivity contribution in [3.05, 3.63) is 44.9 Å². The molecular formula is C15H18N2O2S. The Hall–Kier alpha value is -1.88. The molecule has 0 radical (unpaired) electrons. The Morgan fingerprint density at radius 3 is 2.85 bits per heavy atom. The fourth-order valence-corrected chi connectivity index (χ4v) is 3.12. The van der Waals surface area contributed by atoms with Gasteiger partial charge in [0, 0.05) is 16.6 Å². The van der Waals surface area contributed by atoms with Crippen molar-refractivity contribution in [2.75, 3.05) is 0 Å². The van der Waals surface area contributed by atoms with E-state index in [1.807, 2.05) is 23.1 Å². The maximum absolute atomic E-state index is 10.5. The molecule has 4 nitrogen and oxygen atoms in total. The quantitative estimate of drug-likeness (QED) is 0.860. The molecule has 106 valence electrons. The molecule has 0 unspecified atom stereocenters. The fraction of sp³-hybridized carbons (Fsp3) is 0.333. The average molecular weight is 290 g/mol. The van der Waals surface area contributed by atoms with Gasteiger partial charge in [-0.2, -0.15) is 5.10 Å². The van der Waals surface area contributed by atoms with E-state index in [0.717, 1.165) is 30.3 Å². The highest BCUT2D eigenvalue weighted by Gasteiger charge is 2.10. The van der Waals surface area contributed by atoms with Crippen molar-refractivity contribution in [1.29, 1.82) is 0 Å². The van der Waals surface area contributed by atoms with E-state index in [1.165, 1.54) is 16.1 Å². The van der Waals surface area contributed by atoms with Crippen molar-refractivity contribution in [2.45, 2.75) is 33.7 Å². The van der Waals surface area contributed by atoms with E-state index >= 15 is 0 Å². The van der Waals surface area contributed by atoms with Crippen LogP contribution in [0.5, 0.6) is 0 Å². The lowest BCUT2D eigenvalue weighted by atomic mass is 10.1. The molecule has 2 heterocycles. The summed E-state index contributed by atoms with van der Waals surface area (Å²) in [5, 5.41) is 15.1. The van der Waals surface area contributed by atoms with Crippen LogP contribution in [-0.4, -0.2) is 20.9 Å². The number of carboxylic acid groups (broad SMARTS) is 1. The van der Waals surface area contributed by atoms with Crippen LogP contribution in [0.15, 0.2) is 17.5 Å². The summed E-state index contributed by atoms with van der Waals surface area (Å²) >= 11 is 1.62. The van der Waals surface area contributed by atoms with E-state index in [0.29, 0.717) is 0 Å². The number of thiophene rings is 1. The van der Waals surface area contributed by atoms with Gasteiger partial charge in [-0.3, -0.25) is 4.68 Å². The number of rotatable bonds is 5. The molecule has 0 fully saturated rings. The van der Waals surface area contributed by atoms with E-state index in [4.69, 9.17) is 5.11 Å². The van der Waals surface area contributed by atoms with Gasteiger partial charge in [-0.05, 0) is 48.9 Å². The van der Waals surface area contributed by atoms with Crippen molar-refractivity contribution < 1.29 is 9.90 Å². The van der Waals surface area contributed by atoms with Crippen LogP contribution in [0.25, 0.3) is 6.08 Å². The smallest absolute Gasteiger partial charge is 0.328 e. The first-order valence-corrected chi connectivity index (χ1v) is 7.40. The number of aromatic nitrogens is 2. The van der Waals surface area contributed by atoms with Gasteiger partial charge in [0.05, 0.1) is 12.2 Å². The standard InChI is InChI=1S/C15H18N2O2S/c1-4-14-10(2)16-17(11(14)3)8-13-7-12(9-20-13)5-6-15(18)19/h5-7,9H,4,8H2,1-3H3,(H,18,19). The average Bonchev–Trinajstić information content (AvgIpc) is 2.93. The number of hydrogen-bond donors (Lipinski definition) is 1. The minimum atomic E-state index is -0.927. The van der Waals surface area contributed by atoms with Gasteiger partial charge in [0.1, 0.15) is 0 Å². The summed E-state index contributed by atoms with van der Waals surface area (Å²) in [6.07, 6.45) is 3.76. The van der Waals surface area contributed by atoms with Gasteiger partial charge in [0.25, 0.3) is 0 Å². The van der Waals surface area contributed by atoms with Gasteiger partial charge in [0.2, 0.25) is 0 Å². The maximum atomic E-state index is 10.5. The number of aliphatic carboxylic acids is 1. The van der Waals surface area contributed by atoms with Gasteiger partial charge in [0.15, 0.2) is 0 Å². The second kappa shape index (κ2) is 6.05. The van der Waals surface area contributed by atoms with Crippen LogP contribution in [0.4, 0.5) is 0 Å².